The molecule has 0 radical (unpaired) electrons. The van der Waals surface area contributed by atoms with Gasteiger partial charge >= 0.3 is 5.97 Å². The van der Waals surface area contributed by atoms with Crippen LogP contribution < -0.4 is 0 Å². The Bertz CT molecular complexity index is 831. The molecule has 0 spiro atoms. The van der Waals surface area contributed by atoms with Crippen LogP contribution in [-0.4, -0.2) is 17.6 Å². The molecule has 0 unspecified atom stereocenters. The third kappa shape index (κ3) is 4.40. The van der Waals surface area contributed by atoms with E-state index in [0.717, 1.165) is 24.4 Å². The van der Waals surface area contributed by atoms with Crippen molar-refractivity contribution in [3.63, 3.8) is 0 Å². The topological polar surface area (TPSA) is 31.2 Å². The van der Waals surface area contributed by atoms with E-state index in [-0.39, 0.29) is 5.97 Å². The summed E-state index contributed by atoms with van der Waals surface area (Å²) in [5, 5.41) is 0.752. The first-order valence-electron chi connectivity index (χ1n) is 9.64. The highest BCUT2D eigenvalue weighted by Crippen LogP contribution is 2.38. The average Bonchev–Trinajstić information content (AvgIpc) is 2.90. The van der Waals surface area contributed by atoms with Gasteiger partial charge in [0.2, 0.25) is 0 Å². The minimum absolute atomic E-state index is 0.167. The summed E-state index contributed by atoms with van der Waals surface area (Å²) < 4.78 is 7.45. The lowest BCUT2D eigenvalue weighted by atomic mass is 9.76. The summed E-state index contributed by atoms with van der Waals surface area (Å²) in [4.78, 5) is 12.2. The van der Waals surface area contributed by atoms with Crippen LogP contribution >= 0.6 is 11.6 Å². The second-order valence-corrected chi connectivity index (χ2v) is 9.65. The molecule has 2 aromatic rings. The number of ether oxygens (including phenoxy) is 1. The van der Waals surface area contributed by atoms with Crippen LogP contribution in [0.3, 0.4) is 0 Å². The molecule has 1 aliphatic carbocycles. The molecule has 0 bridgehead atoms. The third-order valence-corrected chi connectivity index (χ3v) is 5.96. The standard InChI is InChI=1S/C23H30ClNO2/c1-22(2)11-10-20-17(13-22)12-19(14-23(3,4)21(26)27-5)25(20)15-16-6-8-18(24)9-7-16/h6-9,12H,10-11,13-15H2,1-5H3. The lowest BCUT2D eigenvalue weighted by Gasteiger charge is -2.30. The highest BCUT2D eigenvalue weighted by molar-refractivity contribution is 6.30. The van der Waals surface area contributed by atoms with Crippen LogP contribution in [0.5, 0.6) is 0 Å². The van der Waals surface area contributed by atoms with E-state index in [1.54, 1.807) is 0 Å². The predicted octanol–water partition coefficient (Wildman–Crippen LogP) is 5.45. The number of rotatable bonds is 5. The Morgan fingerprint density at radius 1 is 1.26 bits per heavy atom. The molecule has 0 saturated heterocycles. The smallest absolute Gasteiger partial charge is 0.311 e. The van der Waals surface area contributed by atoms with Gasteiger partial charge in [-0.25, -0.2) is 0 Å². The van der Waals surface area contributed by atoms with Crippen LogP contribution in [0.25, 0.3) is 0 Å². The number of methoxy groups -OCH3 is 1. The van der Waals surface area contributed by atoms with Gasteiger partial charge in [0.1, 0.15) is 0 Å². The zero-order valence-electron chi connectivity index (χ0n) is 17.1. The molecule has 27 heavy (non-hydrogen) atoms. The van der Waals surface area contributed by atoms with Gasteiger partial charge in [-0.2, -0.15) is 0 Å². The van der Waals surface area contributed by atoms with Crippen molar-refractivity contribution in [2.75, 3.05) is 7.11 Å². The Morgan fingerprint density at radius 2 is 1.93 bits per heavy atom. The minimum atomic E-state index is -0.553. The fraction of sp³-hybridized carbons (Fsp3) is 0.522. The van der Waals surface area contributed by atoms with E-state index in [1.807, 2.05) is 26.0 Å². The molecule has 1 heterocycles. The number of fused-ring (bicyclic) bond motifs is 1. The Kier molecular flexibility index (Phi) is 5.45. The molecule has 0 aliphatic heterocycles. The quantitative estimate of drug-likeness (QED) is 0.639. The first-order valence-corrected chi connectivity index (χ1v) is 10.0. The van der Waals surface area contributed by atoms with Gasteiger partial charge in [-0.3, -0.25) is 4.79 Å². The molecule has 146 valence electrons. The summed E-state index contributed by atoms with van der Waals surface area (Å²) in [6.07, 6.45) is 4.02. The fourth-order valence-electron chi connectivity index (χ4n) is 4.14. The van der Waals surface area contributed by atoms with Gasteiger partial charge in [0, 0.05) is 29.4 Å². The van der Waals surface area contributed by atoms with E-state index >= 15 is 0 Å². The number of carbonyl (C=O) groups excluding carboxylic acids is 1. The van der Waals surface area contributed by atoms with Crippen LogP contribution in [-0.2, 0) is 35.3 Å². The Labute approximate surface area is 167 Å². The molecule has 0 fully saturated rings. The van der Waals surface area contributed by atoms with Crippen LogP contribution in [0, 0.1) is 10.8 Å². The van der Waals surface area contributed by atoms with E-state index in [9.17, 15) is 4.79 Å². The Morgan fingerprint density at radius 3 is 2.56 bits per heavy atom. The second-order valence-electron chi connectivity index (χ2n) is 9.21. The van der Waals surface area contributed by atoms with E-state index in [1.165, 1.54) is 36.0 Å². The molecular weight excluding hydrogens is 358 g/mol. The highest BCUT2D eigenvalue weighted by atomic mass is 35.5. The predicted molar refractivity (Wildman–Crippen MR) is 110 cm³/mol. The molecule has 1 aliphatic rings. The van der Waals surface area contributed by atoms with Gasteiger partial charge in [0.05, 0.1) is 12.5 Å². The summed E-state index contributed by atoms with van der Waals surface area (Å²) in [5.41, 5.74) is 5.05. The van der Waals surface area contributed by atoms with E-state index < -0.39 is 5.41 Å². The zero-order chi connectivity index (χ0) is 19.8. The number of hydrogen-bond acceptors (Lipinski definition) is 2. The molecule has 0 amide bonds. The van der Waals surface area contributed by atoms with E-state index in [2.05, 4.69) is 36.6 Å². The molecule has 3 nitrogen and oxygen atoms in total. The van der Waals surface area contributed by atoms with Gasteiger partial charge in [-0.05, 0) is 67.9 Å². The summed E-state index contributed by atoms with van der Waals surface area (Å²) in [6.45, 7) is 9.40. The highest BCUT2D eigenvalue weighted by Gasteiger charge is 2.33. The number of halogens is 1. The van der Waals surface area contributed by atoms with Crippen LogP contribution in [0.4, 0.5) is 0 Å². The zero-order valence-corrected chi connectivity index (χ0v) is 17.8. The van der Waals surface area contributed by atoms with Crippen molar-refractivity contribution in [1.29, 1.82) is 0 Å². The molecule has 3 rings (SSSR count). The van der Waals surface area contributed by atoms with Gasteiger partial charge in [-0.15, -0.1) is 0 Å². The van der Waals surface area contributed by atoms with Gasteiger partial charge < -0.3 is 9.30 Å². The summed E-state index contributed by atoms with van der Waals surface area (Å²) >= 11 is 6.05. The summed E-state index contributed by atoms with van der Waals surface area (Å²) in [5.74, 6) is -0.167. The van der Waals surface area contributed by atoms with Gasteiger partial charge in [0.15, 0.2) is 0 Å². The molecule has 1 aromatic carbocycles. The van der Waals surface area contributed by atoms with E-state index in [4.69, 9.17) is 16.3 Å². The summed E-state index contributed by atoms with van der Waals surface area (Å²) in [7, 11) is 1.46. The van der Waals surface area contributed by atoms with Crippen LogP contribution in [0.2, 0.25) is 5.02 Å². The van der Waals surface area contributed by atoms with Crippen molar-refractivity contribution in [1.82, 2.24) is 4.57 Å². The maximum Gasteiger partial charge on any atom is 0.311 e. The number of carbonyl (C=O) groups is 1. The van der Waals surface area contributed by atoms with Crippen molar-refractivity contribution in [3.8, 4) is 0 Å². The average molecular weight is 388 g/mol. The number of benzene rings is 1. The van der Waals surface area contributed by atoms with Gasteiger partial charge in [0.25, 0.3) is 0 Å². The molecule has 0 atom stereocenters. The van der Waals surface area contributed by atoms with Crippen LogP contribution in [0.1, 0.15) is 56.6 Å². The van der Waals surface area contributed by atoms with Crippen LogP contribution in [0.15, 0.2) is 30.3 Å². The number of aromatic nitrogens is 1. The number of nitrogens with zero attached hydrogens (tertiary/aromatic N) is 1. The maximum atomic E-state index is 12.2. The molecule has 0 N–H and O–H groups in total. The Hall–Kier alpha value is -1.74. The largest absolute Gasteiger partial charge is 0.469 e. The first-order chi connectivity index (χ1) is 12.6. The van der Waals surface area contributed by atoms with Crippen molar-refractivity contribution >= 4 is 17.6 Å². The molecule has 4 heteroatoms. The molecule has 0 saturated carbocycles. The molecular formula is C23H30ClNO2. The lowest BCUT2D eigenvalue weighted by molar-refractivity contribution is -0.150. The van der Waals surface area contributed by atoms with Crippen molar-refractivity contribution in [2.45, 2.75) is 59.9 Å². The normalized spacial score (nSPS) is 16.1. The van der Waals surface area contributed by atoms with Crippen molar-refractivity contribution in [3.05, 3.63) is 57.9 Å². The fourth-order valence-corrected chi connectivity index (χ4v) is 4.26. The minimum Gasteiger partial charge on any atom is -0.469 e. The van der Waals surface area contributed by atoms with Gasteiger partial charge in [-0.1, -0.05) is 37.6 Å². The molecule has 1 aromatic heterocycles. The number of hydrogen-bond donors (Lipinski definition) is 0. The van der Waals surface area contributed by atoms with Crippen molar-refractivity contribution in [2.24, 2.45) is 10.8 Å². The van der Waals surface area contributed by atoms with Crippen molar-refractivity contribution < 1.29 is 9.53 Å². The number of esters is 1. The first kappa shape index (κ1) is 20.0. The lowest BCUT2D eigenvalue weighted by Crippen LogP contribution is -2.29. The monoisotopic (exact) mass is 387 g/mol. The maximum absolute atomic E-state index is 12.2. The summed E-state index contributed by atoms with van der Waals surface area (Å²) in [6, 6.07) is 10.4. The Balaban J connectivity index is 1.99. The SMILES string of the molecule is COC(=O)C(C)(C)Cc1cc2c(n1Cc1ccc(Cl)cc1)CCC(C)(C)C2. The second kappa shape index (κ2) is 7.35. The third-order valence-electron chi connectivity index (χ3n) is 5.71. The van der Waals surface area contributed by atoms with E-state index in [0.29, 0.717) is 11.8 Å².